The van der Waals surface area contributed by atoms with E-state index in [9.17, 15) is 12.8 Å². The lowest BCUT2D eigenvalue weighted by molar-refractivity contribution is 0.184. The molecule has 0 radical (unpaired) electrons. The molecule has 1 unspecified atom stereocenters. The molecule has 0 spiro atoms. The van der Waals surface area contributed by atoms with Gasteiger partial charge in [-0.2, -0.15) is 5.26 Å². The molecule has 0 bridgehead atoms. The van der Waals surface area contributed by atoms with Gasteiger partial charge in [0.1, 0.15) is 11.9 Å². The summed E-state index contributed by atoms with van der Waals surface area (Å²) in [6, 6.07) is 4.80. The van der Waals surface area contributed by atoms with E-state index in [1.54, 1.807) is 6.07 Å². The van der Waals surface area contributed by atoms with E-state index in [1.807, 2.05) is 0 Å². The monoisotopic (exact) mass is 298 g/mol. The molecule has 1 aromatic rings. The second kappa shape index (κ2) is 6.31. The summed E-state index contributed by atoms with van der Waals surface area (Å²) in [7, 11) is -3.71. The first-order valence-corrected chi connectivity index (χ1v) is 7.78. The smallest absolute Gasteiger partial charge is 0.240 e. The summed E-state index contributed by atoms with van der Waals surface area (Å²) >= 11 is 0. The van der Waals surface area contributed by atoms with E-state index in [-0.39, 0.29) is 10.5 Å². The van der Waals surface area contributed by atoms with Crippen LogP contribution in [0, 0.1) is 23.1 Å². The van der Waals surface area contributed by atoms with Crippen LogP contribution in [0.3, 0.4) is 0 Å². The van der Waals surface area contributed by atoms with Crippen molar-refractivity contribution in [3.05, 3.63) is 29.6 Å². The number of halogens is 1. The molecule has 7 heteroatoms. The van der Waals surface area contributed by atoms with Gasteiger partial charge in [0.05, 0.1) is 10.5 Å². The molecule has 1 atom stereocenters. The Labute approximate surface area is 117 Å². The summed E-state index contributed by atoms with van der Waals surface area (Å²) in [6.45, 7) is 1.69. The minimum absolute atomic E-state index is 0.0990. The number of ether oxygens (including phenoxy) is 1. The van der Waals surface area contributed by atoms with E-state index >= 15 is 0 Å². The van der Waals surface area contributed by atoms with Gasteiger partial charge in [0.2, 0.25) is 10.0 Å². The lowest BCUT2D eigenvalue weighted by Crippen LogP contribution is -2.26. The maximum Gasteiger partial charge on any atom is 0.240 e. The molecule has 0 aliphatic carbocycles. The van der Waals surface area contributed by atoms with E-state index < -0.39 is 15.8 Å². The summed E-state index contributed by atoms with van der Waals surface area (Å²) in [5.74, 6) is -0.352. The van der Waals surface area contributed by atoms with Crippen LogP contribution in [0.1, 0.15) is 18.4 Å². The fourth-order valence-corrected chi connectivity index (χ4v) is 3.12. The molecular weight excluding hydrogens is 283 g/mol. The van der Waals surface area contributed by atoms with Crippen LogP contribution < -0.4 is 4.72 Å². The zero-order valence-electron chi connectivity index (χ0n) is 10.8. The predicted octanol–water partition coefficient (Wildman–Crippen LogP) is 1.40. The van der Waals surface area contributed by atoms with Crippen molar-refractivity contribution in [2.24, 2.45) is 5.92 Å². The lowest BCUT2D eigenvalue weighted by atomic mass is 10.1. The summed E-state index contributed by atoms with van der Waals surface area (Å²) in [4.78, 5) is -0.0990. The maximum absolute atomic E-state index is 13.2. The summed E-state index contributed by atoms with van der Waals surface area (Å²) in [5.41, 5.74) is -0.280. The van der Waals surface area contributed by atoms with Gasteiger partial charge in [0, 0.05) is 19.8 Å². The number of rotatable bonds is 5. The largest absolute Gasteiger partial charge is 0.381 e. The second-order valence-corrected chi connectivity index (χ2v) is 6.44. The molecule has 0 saturated carbocycles. The number of hydrogen-bond donors (Lipinski definition) is 1. The van der Waals surface area contributed by atoms with Crippen LogP contribution in [0.15, 0.2) is 23.1 Å². The third-order valence-electron chi connectivity index (χ3n) is 3.24. The molecule has 1 N–H and O–H groups in total. The van der Waals surface area contributed by atoms with Crippen LogP contribution >= 0.6 is 0 Å². The van der Waals surface area contributed by atoms with Gasteiger partial charge in [-0.05, 0) is 37.0 Å². The molecule has 1 heterocycles. The summed E-state index contributed by atoms with van der Waals surface area (Å²) in [5, 5.41) is 8.71. The second-order valence-electron chi connectivity index (χ2n) is 4.67. The Morgan fingerprint density at radius 1 is 1.50 bits per heavy atom. The summed E-state index contributed by atoms with van der Waals surface area (Å²) < 4.78 is 44.9. The highest BCUT2D eigenvalue weighted by Gasteiger charge is 2.19. The minimum Gasteiger partial charge on any atom is -0.381 e. The number of nitrogens with one attached hydrogen (secondary N) is 1. The van der Waals surface area contributed by atoms with Gasteiger partial charge in [-0.1, -0.05) is 0 Å². The van der Waals surface area contributed by atoms with Crippen molar-refractivity contribution in [3.63, 3.8) is 0 Å². The molecule has 2 rings (SSSR count). The third-order valence-corrected chi connectivity index (χ3v) is 4.70. The quantitative estimate of drug-likeness (QED) is 0.891. The predicted molar refractivity (Wildman–Crippen MR) is 69.8 cm³/mol. The Bertz CT molecular complexity index is 619. The van der Waals surface area contributed by atoms with Crippen molar-refractivity contribution in [3.8, 4) is 6.07 Å². The highest BCUT2D eigenvalue weighted by Crippen LogP contribution is 2.17. The zero-order valence-corrected chi connectivity index (χ0v) is 11.6. The Morgan fingerprint density at radius 3 is 2.95 bits per heavy atom. The van der Waals surface area contributed by atoms with Gasteiger partial charge in [-0.15, -0.1) is 0 Å². The van der Waals surface area contributed by atoms with Crippen molar-refractivity contribution in [2.75, 3.05) is 19.8 Å². The normalized spacial score (nSPS) is 18.9. The molecule has 1 aliphatic heterocycles. The average molecular weight is 298 g/mol. The number of nitriles is 1. The van der Waals surface area contributed by atoms with Gasteiger partial charge in [-0.25, -0.2) is 17.5 Å². The molecule has 0 aromatic heterocycles. The van der Waals surface area contributed by atoms with Gasteiger partial charge in [-0.3, -0.25) is 0 Å². The number of sulfonamides is 1. The Morgan fingerprint density at radius 2 is 2.30 bits per heavy atom. The SMILES string of the molecule is N#Cc1cc(S(=O)(=O)NCCC2CCOC2)ccc1F. The Balaban J connectivity index is 2.00. The van der Waals surface area contributed by atoms with E-state index in [0.717, 1.165) is 31.2 Å². The van der Waals surface area contributed by atoms with Crippen LogP contribution in [0.2, 0.25) is 0 Å². The first-order chi connectivity index (χ1) is 9.53. The molecule has 20 heavy (non-hydrogen) atoms. The van der Waals surface area contributed by atoms with Gasteiger partial charge in [0.15, 0.2) is 0 Å². The maximum atomic E-state index is 13.2. The van der Waals surface area contributed by atoms with Crippen molar-refractivity contribution < 1.29 is 17.5 Å². The van der Waals surface area contributed by atoms with Crippen LogP contribution in [0.25, 0.3) is 0 Å². The van der Waals surface area contributed by atoms with Gasteiger partial charge >= 0.3 is 0 Å². The zero-order chi connectivity index (χ0) is 14.6. The fourth-order valence-electron chi connectivity index (χ4n) is 2.05. The molecule has 1 aliphatic rings. The molecule has 1 saturated heterocycles. The van der Waals surface area contributed by atoms with Crippen molar-refractivity contribution in [1.29, 1.82) is 5.26 Å². The molecule has 108 valence electrons. The first-order valence-electron chi connectivity index (χ1n) is 6.30. The topological polar surface area (TPSA) is 79.2 Å². The number of hydrogen-bond acceptors (Lipinski definition) is 4. The number of nitrogens with zero attached hydrogens (tertiary/aromatic N) is 1. The van der Waals surface area contributed by atoms with E-state index in [2.05, 4.69) is 4.72 Å². The van der Waals surface area contributed by atoms with E-state index in [1.165, 1.54) is 0 Å². The van der Waals surface area contributed by atoms with Crippen LogP contribution in [0.5, 0.6) is 0 Å². The third kappa shape index (κ3) is 3.54. The average Bonchev–Trinajstić information content (AvgIpc) is 2.92. The molecule has 5 nitrogen and oxygen atoms in total. The van der Waals surface area contributed by atoms with Crippen LogP contribution in [-0.4, -0.2) is 28.2 Å². The minimum atomic E-state index is -3.71. The molecule has 0 amide bonds. The van der Waals surface area contributed by atoms with Crippen molar-refractivity contribution >= 4 is 10.0 Å². The van der Waals surface area contributed by atoms with Crippen molar-refractivity contribution in [1.82, 2.24) is 4.72 Å². The van der Waals surface area contributed by atoms with E-state index in [0.29, 0.717) is 25.5 Å². The molecule has 1 fully saturated rings. The highest BCUT2D eigenvalue weighted by molar-refractivity contribution is 7.89. The first kappa shape index (κ1) is 14.9. The van der Waals surface area contributed by atoms with E-state index in [4.69, 9.17) is 10.00 Å². The van der Waals surface area contributed by atoms with Gasteiger partial charge in [0.25, 0.3) is 0 Å². The Kier molecular flexibility index (Phi) is 4.70. The highest BCUT2D eigenvalue weighted by atomic mass is 32.2. The number of benzene rings is 1. The van der Waals surface area contributed by atoms with Gasteiger partial charge < -0.3 is 4.74 Å². The summed E-state index contributed by atoms with van der Waals surface area (Å²) in [6.07, 6.45) is 1.64. The fraction of sp³-hybridized carbons (Fsp3) is 0.462. The molecule has 1 aromatic carbocycles. The lowest BCUT2D eigenvalue weighted by Gasteiger charge is -2.10. The Hall–Kier alpha value is -1.49. The molecular formula is C13H15FN2O3S. The van der Waals surface area contributed by atoms with Crippen LogP contribution in [-0.2, 0) is 14.8 Å². The van der Waals surface area contributed by atoms with Crippen LogP contribution in [0.4, 0.5) is 4.39 Å². The standard InChI is InChI=1S/C13H15FN2O3S/c14-13-2-1-12(7-11(13)8-15)20(17,18)16-5-3-10-4-6-19-9-10/h1-2,7,10,16H,3-6,9H2. The van der Waals surface area contributed by atoms with Crippen molar-refractivity contribution in [2.45, 2.75) is 17.7 Å².